The van der Waals surface area contributed by atoms with Crippen molar-refractivity contribution in [1.82, 2.24) is 9.47 Å². The Balaban J connectivity index is 1.47. The highest BCUT2D eigenvalue weighted by atomic mass is 35.5. The van der Waals surface area contributed by atoms with Crippen molar-refractivity contribution in [2.45, 2.75) is 25.3 Å². The second-order valence-corrected chi connectivity index (χ2v) is 7.17. The van der Waals surface area contributed by atoms with Gasteiger partial charge in [-0.25, -0.2) is 9.18 Å². The van der Waals surface area contributed by atoms with Gasteiger partial charge in [-0.2, -0.15) is 0 Å². The lowest BCUT2D eigenvalue weighted by atomic mass is 10.0. The molecule has 1 amide bonds. The Kier molecular flexibility index (Phi) is 4.74. The Morgan fingerprint density at radius 2 is 1.93 bits per heavy atom. The summed E-state index contributed by atoms with van der Waals surface area (Å²) in [5, 5.41) is 0.537. The molecule has 0 radical (unpaired) electrons. The molecule has 0 spiro atoms. The zero-order valence-electron chi connectivity index (χ0n) is 14.5. The lowest BCUT2D eigenvalue weighted by Gasteiger charge is -2.32. The van der Waals surface area contributed by atoms with Gasteiger partial charge in [0.2, 0.25) is 5.91 Å². The summed E-state index contributed by atoms with van der Waals surface area (Å²) < 4.78 is 20.7. The van der Waals surface area contributed by atoms with Gasteiger partial charge >= 0.3 is 5.76 Å². The maximum atomic E-state index is 13.8. The number of likely N-dealkylation sites (tertiary alicyclic amines) is 1. The molecule has 2 heterocycles. The fourth-order valence-electron chi connectivity index (χ4n) is 3.64. The van der Waals surface area contributed by atoms with Crippen LogP contribution in [0.3, 0.4) is 0 Å². The molecule has 0 N–H and O–H groups in total. The third-order valence-electron chi connectivity index (χ3n) is 5.06. The van der Waals surface area contributed by atoms with E-state index in [1.807, 2.05) is 0 Å². The van der Waals surface area contributed by atoms with E-state index >= 15 is 0 Å². The number of piperidine rings is 1. The summed E-state index contributed by atoms with van der Waals surface area (Å²) in [6, 6.07) is 11.3. The molecule has 4 rings (SSSR count). The molecule has 1 aliphatic rings. The van der Waals surface area contributed by atoms with Crippen molar-refractivity contribution in [3.8, 4) is 0 Å². The lowest BCUT2D eigenvalue weighted by molar-refractivity contribution is -0.131. The number of hydrogen-bond donors (Lipinski definition) is 0. The van der Waals surface area contributed by atoms with E-state index in [2.05, 4.69) is 0 Å². The first-order valence-electron chi connectivity index (χ1n) is 8.84. The normalized spacial score (nSPS) is 15.4. The number of nitrogens with zero attached hydrogens (tertiary/aromatic N) is 2. The lowest BCUT2D eigenvalue weighted by Crippen LogP contribution is -2.41. The molecule has 0 bridgehead atoms. The number of halogens is 2. The van der Waals surface area contributed by atoms with Gasteiger partial charge in [0, 0.05) is 24.2 Å². The topological polar surface area (TPSA) is 55.5 Å². The SMILES string of the molecule is O=C(Cc1ccccc1F)N1CCC(n2c(=O)oc3ccc(Cl)cc32)CC1. The van der Waals surface area contributed by atoms with Crippen LogP contribution in [0.15, 0.2) is 51.7 Å². The molecular weight excluding hydrogens is 371 g/mol. The van der Waals surface area contributed by atoms with Crippen molar-refractivity contribution in [3.05, 3.63) is 69.4 Å². The quantitative estimate of drug-likeness (QED) is 0.686. The second-order valence-electron chi connectivity index (χ2n) is 6.73. The fraction of sp³-hybridized carbons (Fsp3) is 0.300. The number of benzene rings is 2. The van der Waals surface area contributed by atoms with Gasteiger partial charge in [-0.05, 0) is 42.7 Å². The molecule has 0 saturated carbocycles. The molecular formula is C20H18ClFN2O3. The highest BCUT2D eigenvalue weighted by molar-refractivity contribution is 6.31. The number of oxazole rings is 1. The molecule has 5 nitrogen and oxygen atoms in total. The average Bonchev–Trinajstić information content (AvgIpc) is 2.98. The van der Waals surface area contributed by atoms with E-state index in [0.29, 0.717) is 47.6 Å². The Hall–Kier alpha value is -2.60. The van der Waals surface area contributed by atoms with Gasteiger partial charge in [-0.15, -0.1) is 0 Å². The Bertz CT molecular complexity index is 1050. The molecule has 7 heteroatoms. The standard InChI is InChI=1S/C20H18ClFN2O3/c21-14-5-6-18-17(12-14)24(20(26)27-18)15-7-9-23(10-8-15)19(25)11-13-3-1-2-4-16(13)22/h1-6,12,15H,7-11H2. The number of carbonyl (C=O) groups excluding carboxylic acids is 1. The molecule has 27 heavy (non-hydrogen) atoms. The van der Waals surface area contributed by atoms with Gasteiger partial charge in [-0.3, -0.25) is 9.36 Å². The first kappa shape index (κ1) is 17.8. The monoisotopic (exact) mass is 388 g/mol. The van der Waals surface area contributed by atoms with Crippen LogP contribution in [0.2, 0.25) is 5.02 Å². The number of amides is 1. The maximum absolute atomic E-state index is 13.8. The van der Waals surface area contributed by atoms with Crippen molar-refractivity contribution in [2.24, 2.45) is 0 Å². The van der Waals surface area contributed by atoms with Gasteiger partial charge in [0.15, 0.2) is 5.58 Å². The van der Waals surface area contributed by atoms with Gasteiger partial charge in [0.25, 0.3) is 0 Å². The van der Waals surface area contributed by atoms with Crippen LogP contribution in [0.25, 0.3) is 11.1 Å². The number of rotatable bonds is 3. The van der Waals surface area contributed by atoms with Gasteiger partial charge in [0.1, 0.15) is 5.82 Å². The highest BCUT2D eigenvalue weighted by Crippen LogP contribution is 2.27. The van der Waals surface area contributed by atoms with Crippen molar-refractivity contribution >= 4 is 28.6 Å². The Labute approximate surface area is 159 Å². The summed E-state index contributed by atoms with van der Waals surface area (Å²) in [7, 11) is 0. The van der Waals surface area contributed by atoms with E-state index in [4.69, 9.17) is 16.0 Å². The molecule has 1 fully saturated rings. The van der Waals surface area contributed by atoms with Crippen LogP contribution in [0.4, 0.5) is 4.39 Å². The van der Waals surface area contributed by atoms with Crippen LogP contribution < -0.4 is 5.76 Å². The van der Waals surface area contributed by atoms with Crippen LogP contribution in [0.5, 0.6) is 0 Å². The minimum absolute atomic E-state index is 0.0432. The summed E-state index contributed by atoms with van der Waals surface area (Å²) in [6.45, 7) is 1.02. The first-order valence-corrected chi connectivity index (χ1v) is 9.22. The van der Waals surface area contributed by atoms with Crippen LogP contribution in [0, 0.1) is 5.82 Å². The predicted octanol–water partition coefficient (Wildman–Crippen LogP) is 3.79. The highest BCUT2D eigenvalue weighted by Gasteiger charge is 2.27. The number of carbonyl (C=O) groups is 1. The molecule has 0 aliphatic carbocycles. The van der Waals surface area contributed by atoms with Gasteiger partial charge in [-0.1, -0.05) is 29.8 Å². The third kappa shape index (κ3) is 3.49. The summed E-state index contributed by atoms with van der Waals surface area (Å²) in [6.07, 6.45) is 1.30. The molecule has 0 unspecified atom stereocenters. The Morgan fingerprint density at radius 1 is 1.19 bits per heavy atom. The number of aromatic nitrogens is 1. The van der Waals surface area contributed by atoms with Crippen LogP contribution >= 0.6 is 11.6 Å². The van der Waals surface area contributed by atoms with Crippen molar-refractivity contribution in [2.75, 3.05) is 13.1 Å². The first-order chi connectivity index (χ1) is 13.0. The minimum atomic E-state index is -0.414. The van der Waals surface area contributed by atoms with Gasteiger partial charge in [0.05, 0.1) is 11.9 Å². The van der Waals surface area contributed by atoms with Crippen LogP contribution in [0.1, 0.15) is 24.4 Å². The summed E-state index contributed by atoms with van der Waals surface area (Å²) >= 11 is 6.05. The summed E-state index contributed by atoms with van der Waals surface area (Å²) in [4.78, 5) is 26.5. The Morgan fingerprint density at radius 3 is 2.67 bits per heavy atom. The minimum Gasteiger partial charge on any atom is -0.408 e. The number of hydrogen-bond acceptors (Lipinski definition) is 3. The summed E-state index contributed by atoms with van der Waals surface area (Å²) in [5.41, 5.74) is 1.57. The molecule has 1 aliphatic heterocycles. The summed E-state index contributed by atoms with van der Waals surface area (Å²) in [5.74, 6) is -0.886. The predicted molar refractivity (Wildman–Crippen MR) is 100 cm³/mol. The van der Waals surface area contributed by atoms with E-state index in [1.54, 1.807) is 45.9 Å². The van der Waals surface area contributed by atoms with Crippen molar-refractivity contribution in [3.63, 3.8) is 0 Å². The number of fused-ring (bicyclic) bond motifs is 1. The fourth-order valence-corrected chi connectivity index (χ4v) is 3.81. The molecule has 1 saturated heterocycles. The van der Waals surface area contributed by atoms with E-state index in [9.17, 15) is 14.0 Å². The van der Waals surface area contributed by atoms with E-state index in [-0.39, 0.29) is 24.2 Å². The molecule has 140 valence electrons. The van der Waals surface area contributed by atoms with Crippen LogP contribution in [-0.4, -0.2) is 28.5 Å². The van der Waals surface area contributed by atoms with E-state index in [0.717, 1.165) is 0 Å². The molecule has 1 aromatic heterocycles. The zero-order valence-corrected chi connectivity index (χ0v) is 15.3. The third-order valence-corrected chi connectivity index (χ3v) is 5.29. The van der Waals surface area contributed by atoms with Crippen molar-refractivity contribution < 1.29 is 13.6 Å². The van der Waals surface area contributed by atoms with Crippen LogP contribution in [-0.2, 0) is 11.2 Å². The van der Waals surface area contributed by atoms with Crippen molar-refractivity contribution in [1.29, 1.82) is 0 Å². The zero-order chi connectivity index (χ0) is 19.0. The molecule has 2 aromatic carbocycles. The maximum Gasteiger partial charge on any atom is 0.420 e. The van der Waals surface area contributed by atoms with Gasteiger partial charge < -0.3 is 9.32 Å². The average molecular weight is 389 g/mol. The molecule has 3 aromatic rings. The largest absolute Gasteiger partial charge is 0.420 e. The second kappa shape index (κ2) is 7.19. The molecule has 0 atom stereocenters. The van der Waals surface area contributed by atoms with E-state index < -0.39 is 5.76 Å². The smallest absolute Gasteiger partial charge is 0.408 e. The van der Waals surface area contributed by atoms with E-state index in [1.165, 1.54) is 6.07 Å².